The fourth-order valence-electron chi connectivity index (χ4n) is 3.07. The summed E-state index contributed by atoms with van der Waals surface area (Å²) in [6.45, 7) is 1.51. The minimum Gasteiger partial charge on any atom is -0.447 e. The molecule has 1 atom stereocenters. The van der Waals surface area contributed by atoms with Crippen molar-refractivity contribution in [3.63, 3.8) is 0 Å². The van der Waals surface area contributed by atoms with Crippen LogP contribution in [0.2, 0.25) is 5.02 Å². The van der Waals surface area contributed by atoms with Gasteiger partial charge in [-0.25, -0.2) is 12.7 Å². The largest absolute Gasteiger partial charge is 0.447 e. The number of hydrogen-bond donors (Lipinski definition) is 0. The summed E-state index contributed by atoms with van der Waals surface area (Å²) in [4.78, 5) is 2.28. The number of rotatable bonds is 5. The topological polar surface area (TPSA) is 53.8 Å². The Balaban J connectivity index is 1.79. The zero-order chi connectivity index (χ0) is 17.3. The number of sulfonamides is 1. The Labute approximate surface area is 147 Å². The Morgan fingerprint density at radius 2 is 2.00 bits per heavy atom. The van der Waals surface area contributed by atoms with Gasteiger partial charge in [-0.3, -0.25) is 4.90 Å². The van der Waals surface area contributed by atoms with E-state index in [0.717, 1.165) is 34.3 Å². The molecule has 1 aliphatic heterocycles. The highest BCUT2D eigenvalue weighted by Crippen LogP contribution is 2.36. The second-order valence-electron chi connectivity index (χ2n) is 6.16. The van der Waals surface area contributed by atoms with Crippen LogP contribution in [0.4, 0.5) is 0 Å². The molecule has 1 aromatic heterocycles. The molecule has 0 radical (unpaired) electrons. The number of halogens is 1. The second-order valence-corrected chi connectivity index (χ2v) is 8.65. The summed E-state index contributed by atoms with van der Waals surface area (Å²) in [5.74, 6) is 0.648. The second kappa shape index (κ2) is 6.88. The van der Waals surface area contributed by atoms with E-state index in [1.807, 2.05) is 18.2 Å². The Hall–Kier alpha value is -1.34. The molecule has 0 spiro atoms. The Bertz CT molecular complexity index is 817. The Kier molecular flexibility index (Phi) is 5.01. The standard InChI is InChI=1S/C17H21ClN2O3S/c1-19(2)24(21,22)17-10-9-13(23-17)12-20-11-5-8-16(20)14-6-3-4-7-15(14)18/h3-4,6-7,9-10,16H,5,8,11-12H2,1-2H3. The van der Waals surface area contributed by atoms with Gasteiger partial charge in [0.15, 0.2) is 0 Å². The van der Waals surface area contributed by atoms with E-state index in [9.17, 15) is 8.42 Å². The molecule has 0 aliphatic carbocycles. The van der Waals surface area contributed by atoms with Crippen LogP contribution >= 0.6 is 11.6 Å². The van der Waals surface area contributed by atoms with Gasteiger partial charge in [-0.15, -0.1) is 0 Å². The molecule has 0 N–H and O–H groups in total. The lowest BCUT2D eigenvalue weighted by molar-refractivity contribution is 0.221. The van der Waals surface area contributed by atoms with E-state index in [-0.39, 0.29) is 11.1 Å². The molecule has 1 saturated heterocycles. The summed E-state index contributed by atoms with van der Waals surface area (Å²) < 4.78 is 31.0. The lowest BCUT2D eigenvalue weighted by atomic mass is 10.0. The normalized spacial score (nSPS) is 19.2. The average Bonchev–Trinajstić information content (AvgIpc) is 3.18. The molecule has 0 amide bonds. The Morgan fingerprint density at radius 3 is 2.71 bits per heavy atom. The molecular weight excluding hydrogens is 348 g/mol. The fraction of sp³-hybridized carbons (Fsp3) is 0.412. The number of nitrogens with zero attached hydrogens (tertiary/aromatic N) is 2. The first-order chi connectivity index (χ1) is 11.4. The SMILES string of the molecule is CN(C)S(=O)(=O)c1ccc(CN2CCCC2c2ccccc2Cl)o1. The van der Waals surface area contributed by atoms with E-state index in [1.54, 1.807) is 6.07 Å². The van der Waals surface area contributed by atoms with Crippen LogP contribution in [0.25, 0.3) is 0 Å². The highest BCUT2D eigenvalue weighted by molar-refractivity contribution is 7.88. The van der Waals surface area contributed by atoms with E-state index in [2.05, 4.69) is 11.0 Å². The van der Waals surface area contributed by atoms with Crippen LogP contribution in [-0.4, -0.2) is 38.3 Å². The number of furan rings is 1. The van der Waals surface area contributed by atoms with E-state index in [0.29, 0.717) is 12.3 Å². The molecular formula is C17H21ClN2O3S. The quantitative estimate of drug-likeness (QED) is 0.810. The van der Waals surface area contributed by atoms with Crippen LogP contribution in [0, 0.1) is 0 Å². The van der Waals surface area contributed by atoms with Crippen LogP contribution in [0.5, 0.6) is 0 Å². The predicted octanol–water partition coefficient (Wildman–Crippen LogP) is 3.52. The van der Waals surface area contributed by atoms with E-state index >= 15 is 0 Å². The van der Waals surface area contributed by atoms with Gasteiger partial charge in [0.25, 0.3) is 10.0 Å². The van der Waals surface area contributed by atoms with Crippen molar-refractivity contribution in [3.8, 4) is 0 Å². The van der Waals surface area contributed by atoms with E-state index < -0.39 is 10.0 Å². The lowest BCUT2D eigenvalue weighted by Gasteiger charge is -2.24. The molecule has 24 heavy (non-hydrogen) atoms. The van der Waals surface area contributed by atoms with Gasteiger partial charge in [0, 0.05) is 25.2 Å². The molecule has 1 aromatic carbocycles. The van der Waals surface area contributed by atoms with E-state index in [1.165, 1.54) is 20.2 Å². The van der Waals surface area contributed by atoms with Gasteiger partial charge in [-0.1, -0.05) is 29.8 Å². The summed E-state index contributed by atoms with van der Waals surface area (Å²) in [6, 6.07) is 11.4. The lowest BCUT2D eigenvalue weighted by Crippen LogP contribution is -2.23. The molecule has 2 aromatic rings. The zero-order valence-corrected chi connectivity index (χ0v) is 15.3. The maximum Gasteiger partial charge on any atom is 0.275 e. The van der Waals surface area contributed by atoms with Gasteiger partial charge >= 0.3 is 0 Å². The molecule has 2 heterocycles. The molecule has 7 heteroatoms. The third-order valence-corrected chi connectivity index (χ3v) is 6.39. The van der Waals surface area contributed by atoms with Gasteiger partial charge in [0.05, 0.1) is 6.54 Å². The van der Waals surface area contributed by atoms with Crippen molar-refractivity contribution in [1.82, 2.24) is 9.21 Å². The number of hydrogen-bond acceptors (Lipinski definition) is 4. The molecule has 5 nitrogen and oxygen atoms in total. The number of likely N-dealkylation sites (tertiary alicyclic amines) is 1. The van der Waals surface area contributed by atoms with Crippen LogP contribution in [0.1, 0.15) is 30.2 Å². The molecule has 0 saturated carbocycles. The van der Waals surface area contributed by atoms with Gasteiger partial charge in [-0.05, 0) is 43.1 Å². The maximum atomic E-state index is 12.1. The van der Waals surface area contributed by atoms with Gasteiger partial charge in [0.2, 0.25) is 5.09 Å². The van der Waals surface area contributed by atoms with Crippen LogP contribution in [0.3, 0.4) is 0 Å². The molecule has 0 bridgehead atoms. The van der Waals surface area contributed by atoms with E-state index in [4.69, 9.17) is 16.0 Å². The van der Waals surface area contributed by atoms with Crippen LogP contribution in [-0.2, 0) is 16.6 Å². The highest BCUT2D eigenvalue weighted by Gasteiger charge is 2.29. The van der Waals surface area contributed by atoms with Gasteiger partial charge in [0.1, 0.15) is 5.76 Å². The monoisotopic (exact) mass is 368 g/mol. The molecule has 3 rings (SSSR count). The summed E-state index contributed by atoms with van der Waals surface area (Å²) >= 11 is 6.34. The van der Waals surface area contributed by atoms with Gasteiger partial charge < -0.3 is 4.42 Å². The minimum atomic E-state index is -3.54. The summed E-state index contributed by atoms with van der Waals surface area (Å²) in [5, 5.41) is 0.751. The van der Waals surface area contributed by atoms with Crippen molar-refractivity contribution in [1.29, 1.82) is 0 Å². The van der Waals surface area contributed by atoms with Crippen molar-refractivity contribution >= 4 is 21.6 Å². The summed E-state index contributed by atoms with van der Waals surface area (Å²) in [7, 11) is -0.552. The molecule has 1 unspecified atom stereocenters. The zero-order valence-electron chi connectivity index (χ0n) is 13.8. The number of benzene rings is 1. The van der Waals surface area contributed by atoms with Crippen LogP contribution in [0.15, 0.2) is 45.9 Å². The third-order valence-electron chi connectivity index (χ3n) is 4.36. The highest BCUT2D eigenvalue weighted by atomic mass is 35.5. The minimum absolute atomic E-state index is 0.0176. The Morgan fingerprint density at radius 1 is 1.25 bits per heavy atom. The third kappa shape index (κ3) is 3.37. The van der Waals surface area contributed by atoms with Crippen LogP contribution < -0.4 is 0 Å². The molecule has 130 valence electrons. The first-order valence-electron chi connectivity index (χ1n) is 7.89. The average molecular weight is 369 g/mol. The molecule has 1 fully saturated rings. The maximum absolute atomic E-state index is 12.1. The van der Waals surface area contributed by atoms with Crippen molar-refractivity contribution in [2.45, 2.75) is 30.5 Å². The molecule has 1 aliphatic rings. The van der Waals surface area contributed by atoms with Crippen molar-refractivity contribution < 1.29 is 12.8 Å². The van der Waals surface area contributed by atoms with Crippen molar-refractivity contribution in [3.05, 3.63) is 52.7 Å². The first-order valence-corrected chi connectivity index (χ1v) is 9.71. The van der Waals surface area contributed by atoms with Crippen molar-refractivity contribution in [2.75, 3.05) is 20.6 Å². The van der Waals surface area contributed by atoms with Crippen molar-refractivity contribution in [2.24, 2.45) is 0 Å². The predicted molar refractivity (Wildman–Crippen MR) is 93.4 cm³/mol. The smallest absolute Gasteiger partial charge is 0.275 e. The summed E-state index contributed by atoms with van der Waals surface area (Å²) in [6.07, 6.45) is 2.12. The first kappa shape index (κ1) is 17.5. The summed E-state index contributed by atoms with van der Waals surface area (Å²) in [5.41, 5.74) is 1.12. The fourth-order valence-corrected chi connectivity index (χ4v) is 4.15. The van der Waals surface area contributed by atoms with Gasteiger partial charge in [-0.2, -0.15) is 0 Å².